The number of benzene rings is 2. The fraction of sp³-hybridized carbons (Fsp3) is 0.250. The molecule has 146 valence electrons. The van der Waals surface area contributed by atoms with Crippen molar-refractivity contribution in [1.82, 2.24) is 9.66 Å². The van der Waals surface area contributed by atoms with Gasteiger partial charge in [-0.25, -0.2) is 4.98 Å². The second-order valence-electron chi connectivity index (χ2n) is 6.32. The molecule has 0 spiro atoms. The van der Waals surface area contributed by atoms with Crippen molar-refractivity contribution < 1.29 is 4.74 Å². The molecule has 0 bridgehead atoms. The van der Waals surface area contributed by atoms with E-state index in [1.165, 1.54) is 18.0 Å². The van der Waals surface area contributed by atoms with Gasteiger partial charge in [-0.05, 0) is 42.3 Å². The lowest BCUT2D eigenvalue weighted by Gasteiger charge is -2.14. The third kappa shape index (κ3) is 4.09. The number of aromatic nitrogens is 2. The van der Waals surface area contributed by atoms with E-state index in [0.29, 0.717) is 38.1 Å². The molecule has 28 heavy (non-hydrogen) atoms. The van der Waals surface area contributed by atoms with Gasteiger partial charge in [0.1, 0.15) is 5.82 Å². The van der Waals surface area contributed by atoms with Crippen molar-refractivity contribution in [2.45, 2.75) is 26.2 Å². The van der Waals surface area contributed by atoms with Crippen LogP contribution < -0.4 is 10.3 Å². The van der Waals surface area contributed by atoms with E-state index < -0.39 is 0 Å². The minimum atomic E-state index is -0.233. The van der Waals surface area contributed by atoms with Crippen LogP contribution in [-0.4, -0.2) is 23.0 Å². The third-order valence-electron chi connectivity index (χ3n) is 4.43. The topological polar surface area (TPSA) is 56.5 Å². The average molecular weight is 483 g/mol. The highest BCUT2D eigenvalue weighted by molar-refractivity contribution is 9.10. The molecule has 0 aliphatic carbocycles. The second kappa shape index (κ2) is 8.64. The van der Waals surface area contributed by atoms with Crippen LogP contribution >= 0.6 is 39.1 Å². The molecule has 0 fully saturated rings. The number of rotatable bonds is 5. The molecule has 0 aliphatic heterocycles. The van der Waals surface area contributed by atoms with Crippen LogP contribution in [0.5, 0.6) is 5.75 Å². The average Bonchev–Trinajstić information content (AvgIpc) is 2.66. The number of methoxy groups -OCH3 is 1. The lowest BCUT2D eigenvalue weighted by atomic mass is 10.1. The van der Waals surface area contributed by atoms with Gasteiger partial charge in [0.25, 0.3) is 5.56 Å². The van der Waals surface area contributed by atoms with E-state index in [2.05, 4.69) is 26.0 Å². The fourth-order valence-corrected chi connectivity index (χ4v) is 3.77. The van der Waals surface area contributed by atoms with Crippen molar-refractivity contribution >= 4 is 56.2 Å². The maximum Gasteiger partial charge on any atom is 0.282 e. The van der Waals surface area contributed by atoms with Crippen LogP contribution in [0.25, 0.3) is 10.9 Å². The summed E-state index contributed by atoms with van der Waals surface area (Å²) in [6.07, 6.45) is 2.36. The minimum absolute atomic E-state index is 0.0564. The molecular weight excluding hydrogens is 465 g/mol. The Bertz CT molecular complexity index is 1110. The van der Waals surface area contributed by atoms with Crippen LogP contribution in [0.4, 0.5) is 0 Å². The number of hydrogen-bond acceptors (Lipinski definition) is 4. The molecule has 0 saturated heterocycles. The van der Waals surface area contributed by atoms with Crippen molar-refractivity contribution in [2.75, 3.05) is 7.11 Å². The largest absolute Gasteiger partial charge is 0.494 e. The molecule has 1 aromatic heterocycles. The van der Waals surface area contributed by atoms with E-state index in [0.717, 1.165) is 10.9 Å². The smallest absolute Gasteiger partial charge is 0.282 e. The lowest BCUT2D eigenvalue weighted by molar-refractivity contribution is 0.415. The van der Waals surface area contributed by atoms with E-state index in [1.54, 1.807) is 18.2 Å². The predicted octanol–water partition coefficient (Wildman–Crippen LogP) is 5.87. The molecule has 2 aromatic carbocycles. The van der Waals surface area contributed by atoms with Gasteiger partial charge < -0.3 is 4.74 Å². The zero-order chi connectivity index (χ0) is 20.4. The minimum Gasteiger partial charge on any atom is -0.494 e. The first-order chi connectivity index (χ1) is 13.3. The molecule has 0 unspecified atom stereocenters. The summed E-state index contributed by atoms with van der Waals surface area (Å²) >= 11 is 15.8. The zero-order valence-electron chi connectivity index (χ0n) is 15.5. The Balaban J connectivity index is 2.17. The summed E-state index contributed by atoms with van der Waals surface area (Å²) in [4.78, 5) is 17.8. The summed E-state index contributed by atoms with van der Waals surface area (Å²) in [7, 11) is 1.50. The predicted molar refractivity (Wildman–Crippen MR) is 118 cm³/mol. The SMILES string of the molecule is CC[C@@H](C)c1nc2ccc(Br)cc2c(=O)n1N=Cc1cc(Cl)c(OC)c(Cl)c1. The summed E-state index contributed by atoms with van der Waals surface area (Å²) in [5.74, 6) is 1.06. The van der Waals surface area contributed by atoms with Gasteiger partial charge in [0.2, 0.25) is 0 Å². The summed E-state index contributed by atoms with van der Waals surface area (Å²) < 4.78 is 7.31. The van der Waals surface area contributed by atoms with Gasteiger partial charge in [-0.1, -0.05) is 53.0 Å². The van der Waals surface area contributed by atoms with Crippen molar-refractivity contribution in [3.63, 3.8) is 0 Å². The molecule has 0 saturated carbocycles. The quantitative estimate of drug-likeness (QED) is 0.427. The lowest BCUT2D eigenvalue weighted by Crippen LogP contribution is -2.23. The van der Waals surface area contributed by atoms with Gasteiger partial charge in [0.05, 0.1) is 34.3 Å². The molecule has 0 amide bonds. The van der Waals surface area contributed by atoms with E-state index in [-0.39, 0.29) is 11.5 Å². The third-order valence-corrected chi connectivity index (χ3v) is 5.49. The van der Waals surface area contributed by atoms with Gasteiger partial charge >= 0.3 is 0 Å². The highest BCUT2D eigenvalue weighted by Crippen LogP contribution is 2.33. The Morgan fingerprint density at radius 1 is 1.29 bits per heavy atom. The molecule has 0 aliphatic rings. The first kappa shape index (κ1) is 20.8. The van der Waals surface area contributed by atoms with Gasteiger partial charge in [0.15, 0.2) is 5.75 Å². The Hall–Kier alpha value is -1.89. The zero-order valence-corrected chi connectivity index (χ0v) is 18.6. The molecule has 5 nitrogen and oxygen atoms in total. The fourth-order valence-electron chi connectivity index (χ4n) is 2.75. The molecule has 1 heterocycles. The number of nitrogens with zero attached hydrogens (tertiary/aromatic N) is 3. The standard InChI is InChI=1S/C20H18BrCl2N3O2/c1-4-11(2)19-25-17-6-5-13(21)9-14(17)20(27)26(19)24-10-12-7-15(22)18(28-3)16(23)8-12/h5-11H,4H2,1-3H3/t11-/m1/s1. The highest BCUT2D eigenvalue weighted by Gasteiger charge is 2.16. The Morgan fingerprint density at radius 2 is 1.96 bits per heavy atom. The Labute approximate surface area is 181 Å². The molecule has 3 aromatic rings. The van der Waals surface area contributed by atoms with E-state index in [9.17, 15) is 4.79 Å². The Kier molecular flexibility index (Phi) is 6.43. The van der Waals surface area contributed by atoms with Crippen LogP contribution in [0.3, 0.4) is 0 Å². The van der Waals surface area contributed by atoms with E-state index in [1.807, 2.05) is 26.0 Å². The maximum atomic E-state index is 13.1. The molecule has 0 radical (unpaired) electrons. The Morgan fingerprint density at radius 3 is 2.57 bits per heavy atom. The van der Waals surface area contributed by atoms with Crippen LogP contribution in [0.2, 0.25) is 10.0 Å². The van der Waals surface area contributed by atoms with Crippen molar-refractivity contribution in [3.8, 4) is 5.75 Å². The van der Waals surface area contributed by atoms with Gasteiger partial charge in [-0.15, -0.1) is 0 Å². The van der Waals surface area contributed by atoms with Crippen LogP contribution in [-0.2, 0) is 0 Å². The van der Waals surface area contributed by atoms with Crippen LogP contribution in [0.1, 0.15) is 37.6 Å². The van der Waals surface area contributed by atoms with Crippen molar-refractivity contribution in [3.05, 3.63) is 66.6 Å². The van der Waals surface area contributed by atoms with Gasteiger partial charge in [-0.2, -0.15) is 9.78 Å². The van der Waals surface area contributed by atoms with Gasteiger partial charge in [0, 0.05) is 10.4 Å². The van der Waals surface area contributed by atoms with E-state index in [4.69, 9.17) is 27.9 Å². The normalized spacial score (nSPS) is 12.6. The van der Waals surface area contributed by atoms with Crippen molar-refractivity contribution in [1.29, 1.82) is 0 Å². The monoisotopic (exact) mass is 481 g/mol. The van der Waals surface area contributed by atoms with E-state index >= 15 is 0 Å². The molecule has 8 heteroatoms. The molecular formula is C20H18BrCl2N3O2. The van der Waals surface area contributed by atoms with Gasteiger partial charge in [-0.3, -0.25) is 4.79 Å². The second-order valence-corrected chi connectivity index (χ2v) is 8.05. The summed E-state index contributed by atoms with van der Waals surface area (Å²) in [6.45, 7) is 4.05. The van der Waals surface area contributed by atoms with Crippen molar-refractivity contribution in [2.24, 2.45) is 5.10 Å². The number of halogens is 3. The summed E-state index contributed by atoms with van der Waals surface area (Å²) in [6, 6.07) is 8.79. The van der Waals surface area contributed by atoms with Crippen LogP contribution in [0, 0.1) is 0 Å². The van der Waals surface area contributed by atoms with Crippen LogP contribution in [0.15, 0.2) is 44.7 Å². The molecule has 3 rings (SSSR count). The molecule has 1 atom stereocenters. The highest BCUT2D eigenvalue weighted by atomic mass is 79.9. The summed E-state index contributed by atoms with van der Waals surface area (Å²) in [5, 5.41) is 5.63. The maximum absolute atomic E-state index is 13.1. The molecule has 0 N–H and O–H groups in total. The number of hydrogen-bond donors (Lipinski definition) is 0. The summed E-state index contributed by atoms with van der Waals surface area (Å²) in [5.41, 5.74) is 1.06. The first-order valence-electron chi connectivity index (χ1n) is 8.65. The number of fused-ring (bicyclic) bond motifs is 1. The first-order valence-corrected chi connectivity index (χ1v) is 10.2. The number of ether oxygens (including phenoxy) is 1.